The van der Waals surface area contributed by atoms with Crippen LogP contribution < -0.4 is 5.32 Å². The number of morpholine rings is 1. The molecular formula is C39H64N2O7. The van der Waals surface area contributed by atoms with Gasteiger partial charge in [-0.15, -0.1) is 0 Å². The molecular weight excluding hydrogens is 608 g/mol. The number of nitrogens with one attached hydrogen (secondary N) is 1. The normalized spacial score (nSPS) is 51.8. The van der Waals surface area contributed by atoms with Gasteiger partial charge in [-0.1, -0.05) is 34.6 Å². The fraction of sp³-hybridized carbons (Fsp3) is 0.974. The summed E-state index contributed by atoms with van der Waals surface area (Å²) in [7, 11) is 0. The Morgan fingerprint density at radius 3 is 2.46 bits per heavy atom. The zero-order valence-electron chi connectivity index (χ0n) is 30.7. The second-order valence-electron chi connectivity index (χ2n) is 19.6. The Hall–Kier alpha value is -0.810. The molecule has 8 rings (SSSR count). The van der Waals surface area contributed by atoms with Gasteiger partial charge in [0.05, 0.1) is 43.2 Å². The molecule has 3 saturated heterocycles. The Balaban J connectivity index is 0.994. The summed E-state index contributed by atoms with van der Waals surface area (Å²) in [6.45, 7) is 18.9. The van der Waals surface area contributed by atoms with Gasteiger partial charge in [0.2, 0.25) is 5.91 Å². The molecule has 3 aliphatic heterocycles. The third kappa shape index (κ3) is 4.55. The van der Waals surface area contributed by atoms with Gasteiger partial charge >= 0.3 is 0 Å². The van der Waals surface area contributed by atoms with E-state index in [0.29, 0.717) is 56.2 Å². The fourth-order valence-electron chi connectivity index (χ4n) is 14.2. The van der Waals surface area contributed by atoms with Gasteiger partial charge in [-0.25, -0.2) is 0 Å². The van der Waals surface area contributed by atoms with E-state index in [2.05, 4.69) is 39.9 Å². The minimum atomic E-state index is -1.26. The van der Waals surface area contributed by atoms with Crippen LogP contribution in [0.4, 0.5) is 0 Å². The maximum atomic E-state index is 13.0. The van der Waals surface area contributed by atoms with Gasteiger partial charge in [0.1, 0.15) is 6.10 Å². The van der Waals surface area contributed by atoms with E-state index in [-0.39, 0.29) is 57.4 Å². The lowest BCUT2D eigenvalue weighted by molar-refractivity contribution is -0.248. The Morgan fingerprint density at radius 1 is 1.06 bits per heavy atom. The first kappa shape index (κ1) is 34.3. The molecule has 4 N–H and O–H groups in total. The highest BCUT2D eigenvalue weighted by molar-refractivity contribution is 5.76. The Morgan fingerprint density at radius 2 is 1.77 bits per heavy atom. The predicted molar refractivity (Wildman–Crippen MR) is 181 cm³/mol. The molecule has 5 unspecified atom stereocenters. The van der Waals surface area contributed by atoms with E-state index >= 15 is 0 Å². The lowest BCUT2D eigenvalue weighted by Crippen LogP contribution is -2.60. The SMILES string of the molecule is C[C@@H]1CC([C@H](O)C(C)(C)O)OC2C1[C@@]1(C)CCC34C[C@@]35CC[C@H](OC3CN(C(=O)CC6CNC6)CCO3)C(C)(C)[C@@H]5CC[C@H]4[C@]1(C)[C@H]2O. The molecule has 5 aliphatic carbocycles. The van der Waals surface area contributed by atoms with Crippen LogP contribution >= 0.6 is 0 Å². The summed E-state index contributed by atoms with van der Waals surface area (Å²) in [5.41, 5.74) is -1.04. The molecule has 14 atom stereocenters. The first-order valence-corrected chi connectivity index (χ1v) is 19.5. The highest BCUT2D eigenvalue weighted by Crippen LogP contribution is 2.89. The van der Waals surface area contributed by atoms with Crippen LogP contribution in [0.15, 0.2) is 0 Å². The summed E-state index contributed by atoms with van der Waals surface area (Å²) < 4.78 is 19.7. The summed E-state index contributed by atoms with van der Waals surface area (Å²) in [6.07, 6.45) is 6.70. The lowest BCUT2D eigenvalue weighted by atomic mass is 9.41. The summed E-state index contributed by atoms with van der Waals surface area (Å²) in [4.78, 5) is 15.0. The molecule has 0 radical (unpaired) electrons. The maximum Gasteiger partial charge on any atom is 0.223 e. The van der Waals surface area contributed by atoms with E-state index in [1.807, 2.05) is 4.90 Å². The quantitative estimate of drug-likeness (QED) is 0.333. The van der Waals surface area contributed by atoms with Crippen molar-refractivity contribution in [2.75, 3.05) is 32.8 Å². The zero-order chi connectivity index (χ0) is 34.2. The number of carbonyl (C=O) groups excluding carboxylic acids is 1. The van der Waals surface area contributed by atoms with Crippen molar-refractivity contribution in [3.63, 3.8) is 0 Å². The fourth-order valence-corrected chi connectivity index (χ4v) is 14.2. The minimum Gasteiger partial charge on any atom is -0.390 e. The van der Waals surface area contributed by atoms with Crippen LogP contribution in [0, 0.1) is 56.7 Å². The van der Waals surface area contributed by atoms with Crippen LogP contribution in [-0.2, 0) is 19.0 Å². The van der Waals surface area contributed by atoms with Crippen molar-refractivity contribution >= 4 is 5.91 Å². The number of fused-ring (bicyclic) bond motifs is 4. The Bertz CT molecular complexity index is 1280. The summed E-state index contributed by atoms with van der Waals surface area (Å²) in [5.74, 6) is 2.22. The molecule has 48 heavy (non-hydrogen) atoms. The standard InChI is InChI=1S/C39H64N2O7/c1-22-16-24(32(43)35(4,5)45)47-31-30(22)36(6)12-13-39-21-38(39)11-10-27(34(2,3)25(38)8-9-26(39)37(36,7)33(31)44)48-29-20-41(14-15-46-29)28(42)17-23-18-40-19-23/h22-27,29-33,40,43-45H,8-21H2,1-7H3/t22-,24?,25+,26+,27+,29?,30?,31?,32+,33+,36-,37-,38-,39?/m1/s1. The second-order valence-corrected chi connectivity index (χ2v) is 19.6. The number of aliphatic hydroxyl groups is 3. The van der Waals surface area contributed by atoms with Crippen molar-refractivity contribution in [1.29, 1.82) is 0 Å². The molecule has 2 spiro atoms. The van der Waals surface area contributed by atoms with E-state index < -0.39 is 23.9 Å². The minimum absolute atomic E-state index is 0.0119. The van der Waals surface area contributed by atoms with Crippen LogP contribution in [0.5, 0.6) is 0 Å². The molecule has 0 aromatic heterocycles. The van der Waals surface area contributed by atoms with Crippen molar-refractivity contribution in [1.82, 2.24) is 10.2 Å². The van der Waals surface area contributed by atoms with Crippen molar-refractivity contribution in [2.24, 2.45) is 56.7 Å². The molecule has 5 saturated carbocycles. The van der Waals surface area contributed by atoms with E-state index in [1.165, 1.54) is 12.8 Å². The first-order chi connectivity index (χ1) is 22.5. The summed E-state index contributed by atoms with van der Waals surface area (Å²) in [6, 6.07) is 0. The zero-order valence-corrected chi connectivity index (χ0v) is 30.7. The van der Waals surface area contributed by atoms with Gasteiger partial charge < -0.3 is 39.7 Å². The number of hydrogen-bond donors (Lipinski definition) is 4. The second kappa shape index (κ2) is 11.1. The summed E-state index contributed by atoms with van der Waals surface area (Å²) in [5, 5.41) is 37.4. The lowest BCUT2D eigenvalue weighted by Gasteiger charge is -2.64. The first-order valence-electron chi connectivity index (χ1n) is 19.5. The molecule has 0 aromatic rings. The number of amides is 1. The van der Waals surface area contributed by atoms with Crippen molar-refractivity contribution in [3.8, 4) is 0 Å². The molecule has 0 aromatic carbocycles. The van der Waals surface area contributed by atoms with Crippen molar-refractivity contribution in [3.05, 3.63) is 0 Å². The Kier molecular flexibility index (Phi) is 7.93. The van der Waals surface area contributed by atoms with Crippen LogP contribution in [0.2, 0.25) is 0 Å². The molecule has 0 bridgehead atoms. The van der Waals surface area contributed by atoms with E-state index in [9.17, 15) is 20.1 Å². The van der Waals surface area contributed by atoms with Gasteiger partial charge in [0.25, 0.3) is 0 Å². The molecule has 8 aliphatic rings. The molecule has 3 heterocycles. The average Bonchev–Trinajstić information content (AvgIpc) is 3.64. The van der Waals surface area contributed by atoms with Gasteiger partial charge in [0.15, 0.2) is 6.29 Å². The topological polar surface area (TPSA) is 121 Å². The maximum absolute atomic E-state index is 13.0. The van der Waals surface area contributed by atoms with Crippen LogP contribution in [0.25, 0.3) is 0 Å². The van der Waals surface area contributed by atoms with E-state index in [1.54, 1.807) is 13.8 Å². The van der Waals surface area contributed by atoms with Gasteiger partial charge in [0, 0.05) is 18.4 Å². The largest absolute Gasteiger partial charge is 0.390 e. The Labute approximate surface area is 288 Å². The van der Waals surface area contributed by atoms with E-state index in [4.69, 9.17) is 14.2 Å². The van der Waals surface area contributed by atoms with Gasteiger partial charge in [-0.2, -0.15) is 0 Å². The third-order valence-electron chi connectivity index (χ3n) is 16.9. The van der Waals surface area contributed by atoms with E-state index in [0.717, 1.165) is 45.2 Å². The molecule has 1 amide bonds. The number of aliphatic hydroxyl groups excluding tert-OH is 2. The van der Waals surface area contributed by atoms with Crippen LogP contribution in [0.1, 0.15) is 106 Å². The molecule has 8 fully saturated rings. The third-order valence-corrected chi connectivity index (χ3v) is 16.9. The highest BCUT2D eigenvalue weighted by Gasteiger charge is 2.84. The van der Waals surface area contributed by atoms with Crippen molar-refractivity contribution in [2.45, 2.75) is 149 Å². The number of hydrogen-bond acceptors (Lipinski definition) is 8. The van der Waals surface area contributed by atoms with Gasteiger partial charge in [-0.3, -0.25) is 4.79 Å². The molecule has 272 valence electrons. The number of rotatable bonds is 6. The highest BCUT2D eigenvalue weighted by atomic mass is 16.7. The monoisotopic (exact) mass is 672 g/mol. The predicted octanol–water partition coefficient (Wildman–Crippen LogP) is 4.11. The number of ether oxygens (including phenoxy) is 3. The van der Waals surface area contributed by atoms with Crippen LogP contribution in [-0.4, -0.2) is 101 Å². The van der Waals surface area contributed by atoms with Gasteiger partial charge in [-0.05, 0) is 130 Å². The molecule has 9 heteroatoms. The molecule has 9 nitrogen and oxygen atoms in total. The van der Waals surface area contributed by atoms with Crippen molar-refractivity contribution < 1.29 is 34.3 Å². The number of nitrogens with zero attached hydrogens (tertiary/aromatic N) is 1. The summed E-state index contributed by atoms with van der Waals surface area (Å²) >= 11 is 0. The van der Waals surface area contributed by atoms with Crippen LogP contribution in [0.3, 0.4) is 0 Å². The number of carbonyl (C=O) groups is 1. The average molecular weight is 673 g/mol. The smallest absolute Gasteiger partial charge is 0.223 e.